The predicted molar refractivity (Wildman–Crippen MR) is 70.8 cm³/mol. The molecule has 0 aromatic carbocycles. The molecule has 1 aliphatic rings. The van der Waals surface area contributed by atoms with Crippen LogP contribution in [0.15, 0.2) is 12.1 Å². The molecular formula is C12H18N4O2. The largest absolute Gasteiger partial charge is 0.370 e. The topological polar surface area (TPSA) is 80.1 Å². The van der Waals surface area contributed by atoms with Crippen molar-refractivity contribution in [1.29, 1.82) is 0 Å². The fourth-order valence-corrected chi connectivity index (χ4v) is 1.90. The molecule has 1 saturated carbocycles. The van der Waals surface area contributed by atoms with Crippen LogP contribution in [0.25, 0.3) is 0 Å². The fourth-order valence-electron chi connectivity index (χ4n) is 1.90. The van der Waals surface area contributed by atoms with E-state index in [1.165, 1.54) is 18.6 Å². The van der Waals surface area contributed by atoms with Crippen molar-refractivity contribution in [1.82, 2.24) is 4.98 Å². The zero-order valence-electron chi connectivity index (χ0n) is 10.6. The summed E-state index contributed by atoms with van der Waals surface area (Å²) in [5, 5.41) is 17.0. The normalized spacial score (nSPS) is 21.4. The summed E-state index contributed by atoms with van der Waals surface area (Å²) >= 11 is 0. The van der Waals surface area contributed by atoms with Crippen molar-refractivity contribution in [3.63, 3.8) is 0 Å². The Bertz CT molecular complexity index is 450. The number of anilines is 2. The highest BCUT2D eigenvalue weighted by Gasteiger charge is 2.32. The summed E-state index contributed by atoms with van der Waals surface area (Å²) in [7, 11) is 0. The highest BCUT2D eigenvalue weighted by atomic mass is 16.6. The van der Waals surface area contributed by atoms with Crippen molar-refractivity contribution < 1.29 is 4.92 Å². The molecule has 0 saturated heterocycles. The first-order valence-electron chi connectivity index (χ1n) is 6.24. The van der Waals surface area contributed by atoms with Crippen LogP contribution in [-0.4, -0.2) is 23.0 Å². The van der Waals surface area contributed by atoms with E-state index in [1.807, 2.05) is 6.92 Å². The van der Waals surface area contributed by atoms with Gasteiger partial charge in [0.15, 0.2) is 0 Å². The number of nitro groups is 1. The molecule has 0 bridgehead atoms. The van der Waals surface area contributed by atoms with Gasteiger partial charge in [-0.2, -0.15) is 0 Å². The Morgan fingerprint density at radius 3 is 2.56 bits per heavy atom. The average Bonchev–Trinajstić information content (AvgIpc) is 3.03. The highest BCUT2D eigenvalue weighted by molar-refractivity contribution is 5.54. The molecular weight excluding hydrogens is 232 g/mol. The van der Waals surface area contributed by atoms with Gasteiger partial charge in [0.1, 0.15) is 11.6 Å². The van der Waals surface area contributed by atoms with Crippen LogP contribution in [-0.2, 0) is 0 Å². The standard InChI is InChI=1S/C12H18N4O2/c1-3-13-11-5-10(16(17)18)6-12(15-11)14-7-9-4-8(9)2/h5-6,8-9H,3-4,7H2,1-2H3,(H2,13,14,15). The average molecular weight is 250 g/mol. The second-order valence-corrected chi connectivity index (χ2v) is 4.74. The molecule has 0 amide bonds. The van der Waals surface area contributed by atoms with Gasteiger partial charge in [-0.1, -0.05) is 6.92 Å². The smallest absolute Gasteiger partial charge is 0.276 e. The Morgan fingerprint density at radius 2 is 2.06 bits per heavy atom. The Hall–Kier alpha value is -1.85. The van der Waals surface area contributed by atoms with E-state index in [1.54, 1.807) is 0 Å². The number of nitrogens with zero attached hydrogens (tertiary/aromatic N) is 2. The van der Waals surface area contributed by atoms with Gasteiger partial charge in [-0.05, 0) is 25.2 Å². The Morgan fingerprint density at radius 1 is 1.44 bits per heavy atom. The lowest BCUT2D eigenvalue weighted by Crippen LogP contribution is -2.08. The minimum absolute atomic E-state index is 0.0623. The fraction of sp³-hybridized carbons (Fsp3) is 0.583. The van der Waals surface area contributed by atoms with Crippen molar-refractivity contribution in [3.8, 4) is 0 Å². The molecule has 2 atom stereocenters. The SMILES string of the molecule is CCNc1cc([N+](=O)[O-])cc(NCC2CC2C)n1. The van der Waals surface area contributed by atoms with Crippen LogP contribution in [0.5, 0.6) is 0 Å². The molecule has 1 heterocycles. The molecule has 2 unspecified atom stereocenters. The van der Waals surface area contributed by atoms with E-state index in [-0.39, 0.29) is 5.69 Å². The van der Waals surface area contributed by atoms with E-state index in [9.17, 15) is 10.1 Å². The van der Waals surface area contributed by atoms with Crippen LogP contribution in [0.2, 0.25) is 0 Å². The molecule has 98 valence electrons. The maximum Gasteiger partial charge on any atom is 0.276 e. The summed E-state index contributed by atoms with van der Waals surface area (Å²) in [4.78, 5) is 14.7. The van der Waals surface area contributed by atoms with Gasteiger partial charge in [0.2, 0.25) is 0 Å². The third-order valence-electron chi connectivity index (χ3n) is 3.20. The molecule has 1 aliphatic carbocycles. The molecule has 1 fully saturated rings. The number of rotatable bonds is 6. The van der Waals surface area contributed by atoms with Gasteiger partial charge >= 0.3 is 0 Å². The Kier molecular flexibility index (Phi) is 3.64. The van der Waals surface area contributed by atoms with Crippen molar-refractivity contribution in [3.05, 3.63) is 22.2 Å². The minimum Gasteiger partial charge on any atom is -0.370 e. The van der Waals surface area contributed by atoms with Gasteiger partial charge < -0.3 is 10.6 Å². The Balaban J connectivity index is 2.09. The summed E-state index contributed by atoms with van der Waals surface area (Å²) in [5.41, 5.74) is 0.0623. The maximum atomic E-state index is 10.8. The molecule has 0 radical (unpaired) electrons. The molecule has 18 heavy (non-hydrogen) atoms. The van der Waals surface area contributed by atoms with E-state index >= 15 is 0 Å². The molecule has 6 nitrogen and oxygen atoms in total. The zero-order valence-corrected chi connectivity index (χ0v) is 10.6. The summed E-state index contributed by atoms with van der Waals surface area (Å²) in [6.07, 6.45) is 1.22. The van der Waals surface area contributed by atoms with Crippen LogP contribution in [0.3, 0.4) is 0 Å². The van der Waals surface area contributed by atoms with Gasteiger partial charge in [-0.15, -0.1) is 0 Å². The Labute approximate surface area is 106 Å². The first-order chi connectivity index (χ1) is 8.60. The molecule has 0 spiro atoms. The lowest BCUT2D eigenvalue weighted by atomic mass is 10.3. The van der Waals surface area contributed by atoms with Crippen molar-refractivity contribution in [2.24, 2.45) is 11.8 Å². The minimum atomic E-state index is -0.395. The number of nitrogens with one attached hydrogen (secondary N) is 2. The quantitative estimate of drug-likeness (QED) is 0.599. The molecule has 2 rings (SSSR count). The molecule has 1 aromatic rings. The van der Waals surface area contributed by atoms with E-state index in [2.05, 4.69) is 22.5 Å². The second-order valence-electron chi connectivity index (χ2n) is 4.74. The molecule has 1 aromatic heterocycles. The molecule has 2 N–H and O–H groups in total. The second kappa shape index (κ2) is 5.20. The van der Waals surface area contributed by atoms with E-state index < -0.39 is 4.92 Å². The maximum absolute atomic E-state index is 10.8. The predicted octanol–water partition coefficient (Wildman–Crippen LogP) is 2.49. The molecule has 6 heteroatoms. The van der Waals surface area contributed by atoms with Gasteiger partial charge in [-0.3, -0.25) is 10.1 Å². The van der Waals surface area contributed by atoms with Crippen molar-refractivity contribution in [2.75, 3.05) is 23.7 Å². The number of hydrogen-bond acceptors (Lipinski definition) is 5. The van der Waals surface area contributed by atoms with Crippen LogP contribution in [0.4, 0.5) is 17.3 Å². The number of hydrogen-bond donors (Lipinski definition) is 2. The number of aromatic nitrogens is 1. The van der Waals surface area contributed by atoms with Gasteiger partial charge in [0, 0.05) is 13.1 Å². The van der Waals surface area contributed by atoms with Crippen LogP contribution in [0.1, 0.15) is 20.3 Å². The lowest BCUT2D eigenvalue weighted by Gasteiger charge is -2.08. The van der Waals surface area contributed by atoms with Crippen LogP contribution < -0.4 is 10.6 Å². The summed E-state index contributed by atoms with van der Waals surface area (Å²) < 4.78 is 0. The van der Waals surface area contributed by atoms with Gasteiger partial charge in [0.25, 0.3) is 5.69 Å². The summed E-state index contributed by atoms with van der Waals surface area (Å²) in [5.74, 6) is 2.54. The molecule has 0 aliphatic heterocycles. The number of pyridine rings is 1. The zero-order chi connectivity index (χ0) is 13.1. The van der Waals surface area contributed by atoms with Gasteiger partial charge in [0.05, 0.1) is 17.1 Å². The summed E-state index contributed by atoms with van der Waals surface area (Å²) in [6.45, 7) is 5.66. The first-order valence-corrected chi connectivity index (χ1v) is 6.24. The monoisotopic (exact) mass is 250 g/mol. The van der Waals surface area contributed by atoms with E-state index in [0.29, 0.717) is 24.1 Å². The van der Waals surface area contributed by atoms with Crippen molar-refractivity contribution in [2.45, 2.75) is 20.3 Å². The highest BCUT2D eigenvalue weighted by Crippen LogP contribution is 2.37. The third-order valence-corrected chi connectivity index (χ3v) is 3.20. The lowest BCUT2D eigenvalue weighted by molar-refractivity contribution is -0.384. The van der Waals surface area contributed by atoms with Crippen LogP contribution in [0, 0.1) is 22.0 Å². The van der Waals surface area contributed by atoms with Gasteiger partial charge in [-0.25, -0.2) is 4.98 Å². The first kappa shape index (κ1) is 12.6. The summed E-state index contributed by atoms with van der Waals surface area (Å²) in [6, 6.07) is 2.93. The van der Waals surface area contributed by atoms with E-state index in [0.717, 1.165) is 12.5 Å². The third kappa shape index (κ3) is 3.09. The van der Waals surface area contributed by atoms with Crippen LogP contribution >= 0.6 is 0 Å². The van der Waals surface area contributed by atoms with Crippen molar-refractivity contribution >= 4 is 17.3 Å². The van der Waals surface area contributed by atoms with E-state index in [4.69, 9.17) is 0 Å².